The number of carboxylic acids is 1. The van der Waals surface area contributed by atoms with E-state index in [-0.39, 0.29) is 37.6 Å². The predicted octanol–water partition coefficient (Wildman–Crippen LogP) is -1.61. The van der Waals surface area contributed by atoms with Gasteiger partial charge in [0.25, 0.3) is 0 Å². The van der Waals surface area contributed by atoms with Crippen molar-refractivity contribution >= 4 is 23.9 Å². The van der Waals surface area contributed by atoms with Gasteiger partial charge in [-0.15, -0.1) is 0 Å². The number of carbonyl (C=O) groups is 4. The topological polar surface area (TPSA) is 139 Å². The Kier molecular flexibility index (Phi) is 5.68. The molecule has 0 aliphatic carbocycles. The molecule has 0 aromatic rings. The number of aliphatic carboxylic acids is 1. The van der Waals surface area contributed by atoms with E-state index in [0.717, 1.165) is 4.90 Å². The zero-order valence-corrected chi connectivity index (χ0v) is 16.5. The van der Waals surface area contributed by atoms with Gasteiger partial charge >= 0.3 is 18.2 Å². The van der Waals surface area contributed by atoms with Gasteiger partial charge in [0.2, 0.25) is 12.0 Å². The number of quaternary nitrogens is 1. The summed E-state index contributed by atoms with van der Waals surface area (Å²) in [6.45, 7) is 3.15. The van der Waals surface area contributed by atoms with Crippen molar-refractivity contribution < 1.29 is 51.5 Å². The predicted molar refractivity (Wildman–Crippen MR) is 92.8 cm³/mol. The monoisotopic (exact) mass is 428 g/mol. The summed E-state index contributed by atoms with van der Waals surface area (Å²) in [5, 5.41) is 29.6. The van der Waals surface area contributed by atoms with Crippen LogP contribution in [0.4, 0.5) is 9.59 Å². The lowest BCUT2D eigenvalue weighted by atomic mass is 9.90. The lowest BCUT2D eigenvalue weighted by molar-refractivity contribution is -0.955. The number of hydrogen-bond acceptors (Lipinski definition) is 6. The first-order chi connectivity index (χ1) is 13.1. The van der Waals surface area contributed by atoms with E-state index in [0.29, 0.717) is 0 Å². The number of halogens is 1. The molecule has 0 aromatic heterocycles. The number of ketones is 1. The van der Waals surface area contributed by atoms with Gasteiger partial charge in [-0.1, -0.05) is 11.5 Å². The number of hydrogen-bond donors (Lipinski definition) is 3. The zero-order chi connectivity index (χ0) is 20.9. The molecule has 158 valence electrons. The molecule has 2 unspecified atom stereocenters. The minimum absolute atomic E-state index is 0. The van der Waals surface area contributed by atoms with Crippen molar-refractivity contribution in [3.63, 3.8) is 0 Å². The zero-order valence-electron chi connectivity index (χ0n) is 15.7. The summed E-state index contributed by atoms with van der Waals surface area (Å²) < 4.78 is -0.818. The largest absolute Gasteiger partial charge is 1.00 e. The number of carbonyl (C=O) groups excluding carboxylic acids is 1. The average Bonchev–Trinajstić information content (AvgIpc) is 3.11. The Labute approximate surface area is 172 Å². The van der Waals surface area contributed by atoms with Crippen LogP contribution in [-0.4, -0.2) is 76.9 Å². The van der Waals surface area contributed by atoms with E-state index in [1.807, 2.05) is 0 Å². The van der Waals surface area contributed by atoms with Gasteiger partial charge in [0.15, 0.2) is 17.5 Å². The van der Waals surface area contributed by atoms with Gasteiger partial charge in [-0.3, -0.25) is 9.59 Å². The summed E-state index contributed by atoms with van der Waals surface area (Å²) in [6, 6.07) is 0. The van der Waals surface area contributed by atoms with E-state index in [1.54, 1.807) is 11.8 Å². The molecule has 2 bridgehead atoms. The van der Waals surface area contributed by atoms with Gasteiger partial charge in [-0.25, -0.2) is 4.79 Å². The summed E-state index contributed by atoms with van der Waals surface area (Å²) in [6.07, 6.45) is 3.86. The van der Waals surface area contributed by atoms with Crippen molar-refractivity contribution in [2.75, 3.05) is 6.54 Å². The molecule has 1 saturated heterocycles. The van der Waals surface area contributed by atoms with Crippen molar-refractivity contribution in [3.8, 4) is 0 Å². The molecule has 0 saturated carbocycles. The summed E-state index contributed by atoms with van der Waals surface area (Å²) >= 11 is 0. The molecule has 4 heterocycles. The number of amides is 2. The number of nitrogens with zero attached hydrogens (tertiary/aromatic N) is 4. The van der Waals surface area contributed by atoms with Crippen LogP contribution in [0.1, 0.15) is 26.7 Å². The van der Waals surface area contributed by atoms with Crippen molar-refractivity contribution in [1.29, 1.82) is 0 Å². The average molecular weight is 429 g/mol. The number of Topliss-reactive ketones (excluding diaryl/α,β-unsaturated/α-hetero) is 1. The highest BCUT2D eigenvalue weighted by molar-refractivity contribution is 5.92. The molecular formula is C17H21ClN4O7. The number of carboxylic acid groups (broad SMARTS) is 3. The van der Waals surface area contributed by atoms with Crippen molar-refractivity contribution in [2.45, 2.75) is 38.4 Å². The lowest BCUT2D eigenvalue weighted by Crippen LogP contribution is -3.00. The summed E-state index contributed by atoms with van der Waals surface area (Å²) in [4.78, 5) is 49.9. The van der Waals surface area contributed by atoms with Gasteiger partial charge < -0.3 is 32.6 Å². The van der Waals surface area contributed by atoms with Gasteiger partial charge in [0.05, 0.1) is 6.42 Å². The van der Waals surface area contributed by atoms with Crippen LogP contribution in [0.2, 0.25) is 0 Å². The third-order valence-electron chi connectivity index (χ3n) is 5.28. The summed E-state index contributed by atoms with van der Waals surface area (Å²) in [5.74, 6) is -1.24. The van der Waals surface area contributed by atoms with E-state index < -0.39 is 40.2 Å². The van der Waals surface area contributed by atoms with Crippen molar-refractivity contribution in [2.24, 2.45) is 0 Å². The Morgan fingerprint density at radius 1 is 1.14 bits per heavy atom. The molecule has 29 heavy (non-hydrogen) atoms. The molecule has 2 atom stereocenters. The van der Waals surface area contributed by atoms with Crippen LogP contribution in [0.3, 0.4) is 0 Å². The third kappa shape index (κ3) is 2.93. The third-order valence-corrected chi connectivity index (χ3v) is 5.28. The molecule has 4 rings (SSSR count). The molecular weight excluding hydrogens is 408 g/mol. The Morgan fingerprint density at radius 3 is 2.14 bits per heavy atom. The fraction of sp³-hybridized carbons (Fsp3) is 0.412. The highest BCUT2D eigenvalue weighted by Gasteiger charge is 2.75. The Hall–Kier alpha value is -3.05. The minimum Gasteiger partial charge on any atom is -1.00 e. The Balaban J connectivity index is 0.00000300. The van der Waals surface area contributed by atoms with E-state index in [4.69, 9.17) is 5.11 Å². The van der Waals surface area contributed by atoms with Crippen LogP contribution in [0.25, 0.3) is 0 Å². The summed E-state index contributed by atoms with van der Waals surface area (Å²) in [7, 11) is 0. The van der Waals surface area contributed by atoms with E-state index >= 15 is 0 Å². The SMILES string of the molecule is CCC1N(C(=O)O)C2=C[N+]1(C(=O)O)N2C1(C(C)=O)C=CN(CCC(=O)O)C=C1.[Cl-]. The van der Waals surface area contributed by atoms with Crippen LogP contribution < -0.4 is 12.4 Å². The molecule has 0 aromatic carbocycles. The second-order valence-electron chi connectivity index (χ2n) is 6.76. The molecule has 3 N–H and O–H groups in total. The normalized spacial score (nSPS) is 25.8. The number of rotatable bonds is 6. The molecule has 4 aliphatic heterocycles. The quantitative estimate of drug-likeness (QED) is 0.426. The molecule has 4 aliphatic rings. The van der Waals surface area contributed by atoms with Crippen LogP contribution in [-0.2, 0) is 9.59 Å². The fourth-order valence-electron chi connectivity index (χ4n) is 3.96. The Morgan fingerprint density at radius 2 is 1.72 bits per heavy atom. The highest BCUT2D eigenvalue weighted by Crippen LogP contribution is 2.53. The minimum atomic E-state index is -1.50. The van der Waals surface area contributed by atoms with Gasteiger partial charge in [-0.05, 0) is 19.1 Å². The van der Waals surface area contributed by atoms with E-state index in [9.17, 15) is 29.4 Å². The number of fused-ring (bicyclic) bond motifs is 1. The van der Waals surface area contributed by atoms with Gasteiger partial charge in [0.1, 0.15) is 0 Å². The molecule has 1 fully saturated rings. The lowest BCUT2D eigenvalue weighted by Gasteiger charge is -2.48. The van der Waals surface area contributed by atoms with Gasteiger partial charge in [0, 0.05) is 25.4 Å². The molecule has 0 radical (unpaired) electrons. The maximum Gasteiger partial charge on any atom is 0.546 e. The van der Waals surface area contributed by atoms with Crippen molar-refractivity contribution in [3.05, 3.63) is 36.6 Å². The molecule has 11 nitrogen and oxygen atoms in total. The van der Waals surface area contributed by atoms with Crippen LogP contribution >= 0.6 is 0 Å². The van der Waals surface area contributed by atoms with Crippen LogP contribution in [0, 0.1) is 0 Å². The molecule has 12 heteroatoms. The molecule has 0 spiro atoms. The second kappa shape index (κ2) is 7.41. The first-order valence-corrected chi connectivity index (χ1v) is 8.66. The summed E-state index contributed by atoms with van der Waals surface area (Å²) in [5.41, 5.74) is -1.50. The molecule has 2 amide bonds. The van der Waals surface area contributed by atoms with E-state index in [2.05, 4.69) is 0 Å². The first-order valence-electron chi connectivity index (χ1n) is 8.66. The van der Waals surface area contributed by atoms with Crippen molar-refractivity contribution in [1.82, 2.24) is 14.8 Å². The maximum atomic E-state index is 12.6. The Bertz CT molecular complexity index is 841. The standard InChI is InChI=1S/C17H20N4O7.ClH/c1-3-13-19(15(25)26)12-10-21(13,16(27)28)20(12)17(11(2)22)5-8-18(9-6-17)7-4-14(23)24;/h5-6,8-10,13H,3-4,7H2,1-2H3,(H2-,23,24,25,26,27,28);1H. The van der Waals surface area contributed by atoms with E-state index in [1.165, 1.54) is 42.7 Å². The first kappa shape index (κ1) is 22.2. The van der Waals surface area contributed by atoms with Crippen LogP contribution in [0.5, 0.6) is 0 Å². The van der Waals surface area contributed by atoms with Crippen LogP contribution in [0.15, 0.2) is 36.6 Å². The smallest absolute Gasteiger partial charge is 0.546 e. The highest BCUT2D eigenvalue weighted by atomic mass is 35.5. The maximum absolute atomic E-state index is 12.6. The van der Waals surface area contributed by atoms with Gasteiger partial charge in [-0.2, -0.15) is 14.7 Å². The second-order valence-corrected chi connectivity index (χ2v) is 6.76. The fourth-order valence-corrected chi connectivity index (χ4v) is 3.96.